The van der Waals surface area contributed by atoms with Gasteiger partial charge in [0.2, 0.25) is 5.91 Å². The third-order valence-corrected chi connectivity index (χ3v) is 4.41. The maximum Gasteiger partial charge on any atom is 0.226 e. The van der Waals surface area contributed by atoms with Crippen LogP contribution in [0.15, 0.2) is 54.9 Å². The van der Waals surface area contributed by atoms with Gasteiger partial charge in [0.25, 0.3) is 0 Å². The minimum atomic E-state index is 0.0126. The van der Waals surface area contributed by atoms with Crippen LogP contribution in [0.25, 0.3) is 11.1 Å². The van der Waals surface area contributed by atoms with Gasteiger partial charge in [-0.2, -0.15) is 5.10 Å². The van der Waals surface area contributed by atoms with Gasteiger partial charge in [-0.3, -0.25) is 9.48 Å². The first-order chi connectivity index (χ1) is 11.7. The molecule has 1 aliphatic rings. The molecular formula is C20H19N3O. The third-order valence-electron chi connectivity index (χ3n) is 4.41. The van der Waals surface area contributed by atoms with Crippen molar-refractivity contribution < 1.29 is 4.79 Å². The number of carbonyl (C=O) groups excluding carboxylic acids is 1. The molecule has 1 heterocycles. The van der Waals surface area contributed by atoms with Gasteiger partial charge in [-0.05, 0) is 53.3 Å². The molecule has 0 radical (unpaired) electrons. The Hall–Kier alpha value is -2.88. The van der Waals surface area contributed by atoms with E-state index in [1.54, 1.807) is 10.9 Å². The van der Waals surface area contributed by atoms with Crippen LogP contribution in [0.3, 0.4) is 0 Å². The highest BCUT2D eigenvalue weighted by Gasteiger charge is 2.18. The van der Waals surface area contributed by atoms with Crippen molar-refractivity contribution in [3.63, 3.8) is 0 Å². The van der Waals surface area contributed by atoms with Crippen LogP contribution in [0.2, 0.25) is 0 Å². The zero-order valence-electron chi connectivity index (χ0n) is 13.6. The summed E-state index contributed by atoms with van der Waals surface area (Å²) >= 11 is 0. The SMILES string of the molecule is Cc1cnn(CCC(=O)Nc2ccc3c(c2)Cc2ccccc2-3)c1. The lowest BCUT2D eigenvalue weighted by molar-refractivity contribution is -0.116. The van der Waals surface area contributed by atoms with Gasteiger partial charge in [0.05, 0.1) is 6.20 Å². The predicted octanol–water partition coefficient (Wildman–Crippen LogP) is 3.79. The van der Waals surface area contributed by atoms with Crippen molar-refractivity contribution in [3.05, 3.63) is 71.5 Å². The van der Waals surface area contributed by atoms with Crippen LogP contribution in [-0.2, 0) is 17.8 Å². The fraction of sp³-hybridized carbons (Fsp3) is 0.200. The van der Waals surface area contributed by atoms with Gasteiger partial charge >= 0.3 is 0 Å². The number of fused-ring (bicyclic) bond motifs is 3. The van der Waals surface area contributed by atoms with E-state index in [0.717, 1.165) is 17.7 Å². The van der Waals surface area contributed by atoms with E-state index in [1.807, 2.05) is 19.2 Å². The lowest BCUT2D eigenvalue weighted by atomic mass is 10.1. The number of nitrogens with one attached hydrogen (secondary N) is 1. The molecule has 4 heteroatoms. The molecule has 3 aromatic rings. The first kappa shape index (κ1) is 14.7. The largest absolute Gasteiger partial charge is 0.326 e. The van der Waals surface area contributed by atoms with Gasteiger partial charge in [0.15, 0.2) is 0 Å². The van der Waals surface area contributed by atoms with Crippen molar-refractivity contribution >= 4 is 11.6 Å². The Bertz CT molecular complexity index is 911. The smallest absolute Gasteiger partial charge is 0.226 e. The molecule has 1 aromatic heterocycles. The van der Waals surface area contributed by atoms with Gasteiger partial charge < -0.3 is 5.32 Å². The standard InChI is InChI=1S/C20H19N3O/c1-14-12-21-23(13-14)9-8-20(24)22-17-6-7-19-16(11-17)10-15-4-2-3-5-18(15)19/h2-7,11-13H,8-10H2,1H3,(H,22,24). The topological polar surface area (TPSA) is 46.9 Å². The number of carbonyl (C=O) groups is 1. The van der Waals surface area contributed by atoms with E-state index in [2.05, 4.69) is 46.8 Å². The summed E-state index contributed by atoms with van der Waals surface area (Å²) in [5, 5.41) is 7.20. The van der Waals surface area contributed by atoms with Crippen molar-refractivity contribution in [2.24, 2.45) is 0 Å². The summed E-state index contributed by atoms with van der Waals surface area (Å²) in [6.45, 7) is 2.59. The molecule has 1 aliphatic carbocycles. The van der Waals surface area contributed by atoms with E-state index in [9.17, 15) is 4.79 Å². The highest BCUT2D eigenvalue weighted by Crippen LogP contribution is 2.37. The number of benzene rings is 2. The van der Waals surface area contributed by atoms with Crippen LogP contribution in [-0.4, -0.2) is 15.7 Å². The molecule has 0 saturated heterocycles. The van der Waals surface area contributed by atoms with Crippen molar-refractivity contribution in [1.82, 2.24) is 9.78 Å². The Kier molecular flexibility index (Phi) is 3.65. The summed E-state index contributed by atoms with van der Waals surface area (Å²) < 4.78 is 1.80. The number of amides is 1. The van der Waals surface area contributed by atoms with Gasteiger partial charge in [0.1, 0.15) is 0 Å². The van der Waals surface area contributed by atoms with Crippen LogP contribution in [0, 0.1) is 6.92 Å². The monoisotopic (exact) mass is 317 g/mol. The number of aromatic nitrogens is 2. The number of rotatable bonds is 4. The van der Waals surface area contributed by atoms with Crippen molar-refractivity contribution in [2.75, 3.05) is 5.32 Å². The summed E-state index contributed by atoms with van der Waals surface area (Å²) in [6.07, 6.45) is 5.09. The van der Waals surface area contributed by atoms with Crippen LogP contribution in [0.1, 0.15) is 23.1 Å². The Morgan fingerprint density at radius 2 is 2.00 bits per heavy atom. The van der Waals surface area contributed by atoms with Crippen LogP contribution < -0.4 is 5.32 Å². The number of aryl methyl sites for hydroxylation is 2. The molecule has 120 valence electrons. The molecule has 0 atom stereocenters. The molecular weight excluding hydrogens is 298 g/mol. The maximum absolute atomic E-state index is 12.2. The van der Waals surface area contributed by atoms with Gasteiger partial charge in [0, 0.05) is 24.8 Å². The summed E-state index contributed by atoms with van der Waals surface area (Å²) in [5.74, 6) is 0.0126. The van der Waals surface area contributed by atoms with Crippen molar-refractivity contribution in [1.29, 1.82) is 0 Å². The first-order valence-electron chi connectivity index (χ1n) is 8.19. The summed E-state index contributed by atoms with van der Waals surface area (Å²) in [7, 11) is 0. The summed E-state index contributed by atoms with van der Waals surface area (Å²) in [6, 6.07) is 14.6. The molecule has 4 nitrogen and oxygen atoms in total. The molecule has 0 spiro atoms. The summed E-state index contributed by atoms with van der Waals surface area (Å²) in [4.78, 5) is 12.2. The molecule has 0 saturated carbocycles. The fourth-order valence-electron chi connectivity index (χ4n) is 3.25. The van der Waals surface area contributed by atoms with E-state index >= 15 is 0 Å². The molecule has 0 fully saturated rings. The summed E-state index contributed by atoms with van der Waals surface area (Å²) in [5.41, 5.74) is 7.17. The lowest BCUT2D eigenvalue weighted by Gasteiger charge is -2.08. The van der Waals surface area contributed by atoms with Gasteiger partial charge in [-0.15, -0.1) is 0 Å². The Balaban J connectivity index is 1.43. The Labute approximate surface area is 141 Å². The molecule has 1 amide bonds. The Morgan fingerprint density at radius 3 is 2.83 bits per heavy atom. The van der Waals surface area contributed by atoms with E-state index in [-0.39, 0.29) is 5.91 Å². The minimum Gasteiger partial charge on any atom is -0.326 e. The predicted molar refractivity (Wildman–Crippen MR) is 94.9 cm³/mol. The van der Waals surface area contributed by atoms with E-state index in [4.69, 9.17) is 0 Å². The highest BCUT2D eigenvalue weighted by atomic mass is 16.1. The molecule has 0 aliphatic heterocycles. The number of hydrogen-bond acceptors (Lipinski definition) is 2. The normalized spacial score (nSPS) is 11.9. The number of anilines is 1. The van der Waals surface area contributed by atoms with Crippen LogP contribution in [0.5, 0.6) is 0 Å². The second-order valence-electron chi connectivity index (χ2n) is 6.28. The molecule has 0 bridgehead atoms. The first-order valence-corrected chi connectivity index (χ1v) is 8.19. The molecule has 1 N–H and O–H groups in total. The van der Waals surface area contributed by atoms with Gasteiger partial charge in [-0.25, -0.2) is 0 Å². The molecule has 0 unspecified atom stereocenters. The quantitative estimate of drug-likeness (QED) is 0.622. The molecule has 24 heavy (non-hydrogen) atoms. The van der Waals surface area contributed by atoms with Crippen molar-refractivity contribution in [2.45, 2.75) is 26.3 Å². The molecule has 4 rings (SSSR count). The lowest BCUT2D eigenvalue weighted by Crippen LogP contribution is -2.14. The van der Waals surface area contributed by atoms with E-state index in [0.29, 0.717) is 13.0 Å². The maximum atomic E-state index is 12.2. The van der Waals surface area contributed by atoms with E-state index in [1.165, 1.54) is 22.3 Å². The third kappa shape index (κ3) is 2.83. The highest BCUT2D eigenvalue weighted by molar-refractivity contribution is 5.91. The van der Waals surface area contributed by atoms with Crippen molar-refractivity contribution in [3.8, 4) is 11.1 Å². The zero-order valence-corrected chi connectivity index (χ0v) is 13.6. The van der Waals surface area contributed by atoms with Crippen LogP contribution in [0.4, 0.5) is 5.69 Å². The van der Waals surface area contributed by atoms with Crippen LogP contribution >= 0.6 is 0 Å². The Morgan fingerprint density at radius 1 is 1.17 bits per heavy atom. The fourth-order valence-corrected chi connectivity index (χ4v) is 3.25. The molecule has 2 aromatic carbocycles. The van der Waals surface area contributed by atoms with Gasteiger partial charge in [-0.1, -0.05) is 30.3 Å². The second kappa shape index (κ2) is 5.96. The average molecular weight is 317 g/mol. The number of hydrogen-bond donors (Lipinski definition) is 1. The minimum absolute atomic E-state index is 0.0126. The average Bonchev–Trinajstić information content (AvgIpc) is 3.15. The number of nitrogens with zero attached hydrogens (tertiary/aromatic N) is 2. The van der Waals surface area contributed by atoms with E-state index < -0.39 is 0 Å². The second-order valence-corrected chi connectivity index (χ2v) is 6.28. The zero-order chi connectivity index (χ0) is 16.5.